The van der Waals surface area contributed by atoms with Gasteiger partial charge < -0.3 is 5.32 Å². The van der Waals surface area contributed by atoms with Crippen LogP contribution in [-0.2, 0) is 19.5 Å². The van der Waals surface area contributed by atoms with Gasteiger partial charge in [-0.15, -0.1) is 0 Å². The summed E-state index contributed by atoms with van der Waals surface area (Å²) in [5.41, 5.74) is 3.59. The maximum atomic E-state index is 12.3. The van der Waals surface area contributed by atoms with Crippen LogP contribution in [0.4, 0.5) is 13.2 Å². The molecule has 3 heterocycles. The molecule has 2 aromatic rings. The Kier molecular flexibility index (Phi) is 3.21. The highest BCUT2D eigenvalue weighted by Gasteiger charge is 2.28. The fourth-order valence-electron chi connectivity index (χ4n) is 2.29. The Bertz CT molecular complexity index is 618. The van der Waals surface area contributed by atoms with Gasteiger partial charge in [0.25, 0.3) is 0 Å². The molecule has 1 aliphatic heterocycles. The summed E-state index contributed by atoms with van der Waals surface area (Å²) in [6, 6.07) is 1.96. The number of hydrogen-bond donors (Lipinski definition) is 1. The smallest absolute Gasteiger partial charge is 0.312 e. The second-order valence-electron chi connectivity index (χ2n) is 4.80. The van der Waals surface area contributed by atoms with Crippen LogP contribution in [0.2, 0.25) is 0 Å². The maximum absolute atomic E-state index is 12.3. The van der Waals surface area contributed by atoms with Crippen LogP contribution in [0.5, 0.6) is 0 Å². The average molecular weight is 282 g/mol. The number of nitrogens with one attached hydrogen (secondary N) is 1. The molecule has 106 valence electrons. The zero-order valence-electron chi connectivity index (χ0n) is 10.6. The van der Waals surface area contributed by atoms with Crippen LogP contribution in [0, 0.1) is 0 Å². The summed E-state index contributed by atoms with van der Waals surface area (Å²) in [6.45, 7) is 0.572. The number of halogens is 3. The summed E-state index contributed by atoms with van der Waals surface area (Å²) in [5, 5.41) is 6.99. The largest absolute Gasteiger partial charge is 0.408 e. The van der Waals surface area contributed by atoms with Gasteiger partial charge in [0.15, 0.2) is 0 Å². The molecular weight excluding hydrogens is 269 g/mol. The third-order valence-electron chi connectivity index (χ3n) is 3.22. The van der Waals surface area contributed by atoms with Gasteiger partial charge in [0.05, 0.1) is 6.20 Å². The molecule has 0 radical (unpaired) electrons. The minimum atomic E-state index is -4.26. The van der Waals surface area contributed by atoms with Crippen molar-refractivity contribution in [2.24, 2.45) is 0 Å². The van der Waals surface area contributed by atoms with E-state index in [0.29, 0.717) is 5.56 Å². The fourth-order valence-corrected chi connectivity index (χ4v) is 2.29. The predicted octanol–water partition coefficient (Wildman–Crippen LogP) is 2.15. The van der Waals surface area contributed by atoms with Crippen LogP contribution in [0.15, 0.2) is 24.7 Å². The van der Waals surface area contributed by atoms with E-state index in [9.17, 15) is 13.2 Å². The van der Waals surface area contributed by atoms with Gasteiger partial charge in [-0.25, -0.2) is 0 Å². The van der Waals surface area contributed by atoms with Crippen molar-refractivity contribution < 1.29 is 13.2 Å². The Hall–Kier alpha value is -1.89. The lowest BCUT2D eigenvalue weighted by Crippen LogP contribution is -2.24. The SMILES string of the molecule is FC(F)(F)Cn1cc(-c2cnc3c(c2)CNCC3)cn1. The average Bonchev–Trinajstić information content (AvgIpc) is 2.84. The van der Waals surface area contributed by atoms with Crippen LogP contribution < -0.4 is 5.32 Å². The lowest BCUT2D eigenvalue weighted by atomic mass is 10.0. The van der Waals surface area contributed by atoms with Gasteiger partial charge in [0.2, 0.25) is 0 Å². The van der Waals surface area contributed by atoms with E-state index in [1.165, 1.54) is 12.4 Å². The third-order valence-corrected chi connectivity index (χ3v) is 3.22. The van der Waals surface area contributed by atoms with E-state index < -0.39 is 12.7 Å². The van der Waals surface area contributed by atoms with E-state index in [4.69, 9.17) is 0 Å². The molecule has 0 unspecified atom stereocenters. The van der Waals surface area contributed by atoms with Crippen molar-refractivity contribution in [1.82, 2.24) is 20.1 Å². The first-order valence-corrected chi connectivity index (χ1v) is 6.29. The highest BCUT2D eigenvalue weighted by molar-refractivity contribution is 5.62. The molecule has 2 aromatic heterocycles. The summed E-state index contributed by atoms with van der Waals surface area (Å²) >= 11 is 0. The topological polar surface area (TPSA) is 42.7 Å². The number of alkyl halides is 3. The van der Waals surface area contributed by atoms with E-state index in [2.05, 4.69) is 15.4 Å². The molecule has 0 spiro atoms. The zero-order chi connectivity index (χ0) is 14.2. The second kappa shape index (κ2) is 4.90. The minimum absolute atomic E-state index is 0.648. The van der Waals surface area contributed by atoms with Gasteiger partial charge >= 0.3 is 6.18 Å². The zero-order valence-corrected chi connectivity index (χ0v) is 10.6. The number of pyridine rings is 1. The molecule has 3 rings (SSSR count). The summed E-state index contributed by atoms with van der Waals surface area (Å²) in [5.74, 6) is 0. The predicted molar refractivity (Wildman–Crippen MR) is 66.9 cm³/mol. The van der Waals surface area contributed by atoms with Gasteiger partial charge in [-0.3, -0.25) is 9.67 Å². The third kappa shape index (κ3) is 2.82. The van der Waals surface area contributed by atoms with E-state index in [1.54, 1.807) is 6.20 Å². The first-order chi connectivity index (χ1) is 9.51. The van der Waals surface area contributed by atoms with Crippen molar-refractivity contribution in [1.29, 1.82) is 0 Å². The van der Waals surface area contributed by atoms with Crippen LogP contribution >= 0.6 is 0 Å². The molecule has 7 heteroatoms. The van der Waals surface area contributed by atoms with Gasteiger partial charge in [0.1, 0.15) is 6.54 Å². The van der Waals surface area contributed by atoms with Gasteiger partial charge in [-0.2, -0.15) is 18.3 Å². The second-order valence-corrected chi connectivity index (χ2v) is 4.80. The van der Waals surface area contributed by atoms with Gasteiger partial charge in [0, 0.05) is 48.7 Å². The van der Waals surface area contributed by atoms with Crippen molar-refractivity contribution in [3.8, 4) is 11.1 Å². The Balaban J connectivity index is 1.86. The first-order valence-electron chi connectivity index (χ1n) is 6.29. The number of rotatable bonds is 2. The lowest BCUT2D eigenvalue weighted by Gasteiger charge is -2.16. The van der Waals surface area contributed by atoms with Crippen molar-refractivity contribution in [2.45, 2.75) is 25.7 Å². The lowest BCUT2D eigenvalue weighted by molar-refractivity contribution is -0.142. The Labute approximate surface area is 113 Å². The molecular formula is C13H13F3N4. The molecule has 0 saturated carbocycles. The normalized spacial score (nSPS) is 15.2. The molecule has 0 atom stereocenters. The Morgan fingerprint density at radius 1 is 1.25 bits per heavy atom. The van der Waals surface area contributed by atoms with Crippen molar-refractivity contribution in [3.63, 3.8) is 0 Å². The molecule has 0 amide bonds. The summed E-state index contributed by atoms with van der Waals surface area (Å²) in [7, 11) is 0. The number of nitrogens with zero attached hydrogens (tertiary/aromatic N) is 3. The van der Waals surface area contributed by atoms with Gasteiger partial charge in [-0.1, -0.05) is 0 Å². The van der Waals surface area contributed by atoms with Crippen LogP contribution in [0.3, 0.4) is 0 Å². The quantitative estimate of drug-likeness (QED) is 0.918. The van der Waals surface area contributed by atoms with E-state index >= 15 is 0 Å². The highest BCUT2D eigenvalue weighted by atomic mass is 19.4. The maximum Gasteiger partial charge on any atom is 0.408 e. The van der Waals surface area contributed by atoms with Crippen LogP contribution in [0.25, 0.3) is 11.1 Å². The molecule has 20 heavy (non-hydrogen) atoms. The monoisotopic (exact) mass is 282 g/mol. The van der Waals surface area contributed by atoms with Crippen molar-refractivity contribution >= 4 is 0 Å². The number of aromatic nitrogens is 3. The summed E-state index contributed by atoms with van der Waals surface area (Å²) < 4.78 is 37.8. The van der Waals surface area contributed by atoms with Gasteiger partial charge in [-0.05, 0) is 11.6 Å². The van der Waals surface area contributed by atoms with Crippen molar-refractivity contribution in [2.75, 3.05) is 6.54 Å². The molecule has 1 aliphatic rings. The van der Waals surface area contributed by atoms with E-state index in [1.807, 2.05) is 6.07 Å². The Morgan fingerprint density at radius 3 is 2.90 bits per heavy atom. The minimum Gasteiger partial charge on any atom is -0.312 e. The molecule has 4 nitrogen and oxygen atoms in total. The number of fused-ring (bicyclic) bond motifs is 1. The van der Waals surface area contributed by atoms with Crippen LogP contribution in [0.1, 0.15) is 11.3 Å². The molecule has 0 bridgehead atoms. The summed E-state index contributed by atoms with van der Waals surface area (Å²) in [4.78, 5) is 4.38. The molecule has 1 N–H and O–H groups in total. The molecule has 0 saturated heterocycles. The number of hydrogen-bond acceptors (Lipinski definition) is 3. The fraction of sp³-hybridized carbons (Fsp3) is 0.385. The van der Waals surface area contributed by atoms with E-state index in [0.717, 1.165) is 41.0 Å². The van der Waals surface area contributed by atoms with Crippen molar-refractivity contribution in [3.05, 3.63) is 35.9 Å². The molecule has 0 aliphatic carbocycles. The first kappa shape index (κ1) is 13.1. The standard InChI is InChI=1S/C13H13F3N4/c14-13(15,16)8-20-7-11(6-19-20)9-3-10-4-17-2-1-12(10)18-5-9/h3,5-7,17H,1-2,4,8H2. The van der Waals surface area contributed by atoms with E-state index in [-0.39, 0.29) is 0 Å². The summed E-state index contributed by atoms with van der Waals surface area (Å²) in [6.07, 6.45) is 1.14. The van der Waals surface area contributed by atoms with Crippen LogP contribution in [-0.4, -0.2) is 27.5 Å². The highest BCUT2D eigenvalue weighted by Crippen LogP contribution is 2.23. The Morgan fingerprint density at radius 2 is 2.10 bits per heavy atom. The molecule has 0 fully saturated rings. The molecule has 0 aromatic carbocycles.